The fraction of sp³-hybridized carbons (Fsp3) is 0.250. The van der Waals surface area contributed by atoms with E-state index in [-0.39, 0.29) is 0 Å². The number of hydrogen-bond acceptors (Lipinski definition) is 0. The van der Waals surface area contributed by atoms with Crippen molar-refractivity contribution in [3.8, 4) is 0 Å². The Morgan fingerprint density at radius 2 is 2.31 bits per heavy atom. The first-order valence-electron chi connectivity index (χ1n) is 4.27. The summed E-state index contributed by atoms with van der Waals surface area (Å²) in [5.41, 5.74) is 7.84. The van der Waals surface area contributed by atoms with E-state index < -0.39 is 0 Å². The first kappa shape index (κ1) is 9.45. The van der Waals surface area contributed by atoms with E-state index in [1.807, 2.05) is 31.6 Å². The number of allylic oxidation sites excluding steroid dienone is 5. The molecule has 0 spiro atoms. The molecule has 0 radical (unpaired) electrons. The second kappa shape index (κ2) is 5.09. The summed E-state index contributed by atoms with van der Waals surface area (Å²) < 4.78 is 4.86. The minimum absolute atomic E-state index is 0.614. The summed E-state index contributed by atoms with van der Waals surface area (Å²) in [6.07, 6.45) is 8.03. The van der Waals surface area contributed by atoms with Crippen LogP contribution in [0, 0.1) is 6.42 Å². The van der Waals surface area contributed by atoms with Crippen LogP contribution in [0.2, 0.25) is 0 Å². The Labute approximate surface area is 78.8 Å². The van der Waals surface area contributed by atoms with Gasteiger partial charge < -0.3 is 0 Å². The first-order valence-corrected chi connectivity index (χ1v) is 4.27. The van der Waals surface area contributed by atoms with Gasteiger partial charge in [0.25, 0.3) is 6.61 Å². The highest BCUT2D eigenvalue weighted by molar-refractivity contribution is 5.47. The van der Waals surface area contributed by atoms with Crippen LogP contribution in [0.1, 0.15) is 13.8 Å². The minimum Gasteiger partial charge on any atom is -0.196 e. The Kier molecular flexibility index (Phi) is 3.70. The molecule has 0 aromatic heterocycles. The third-order valence-electron chi connectivity index (χ3n) is 1.53. The highest BCUT2D eigenvalue weighted by Crippen LogP contribution is 2.11. The summed E-state index contributed by atoms with van der Waals surface area (Å²) in [6.45, 7) is 4.57. The van der Waals surface area contributed by atoms with Gasteiger partial charge in [-0.1, -0.05) is 6.92 Å². The molecule has 0 heterocycles. The molecule has 13 heavy (non-hydrogen) atoms. The van der Waals surface area contributed by atoms with Crippen molar-refractivity contribution in [3.05, 3.63) is 47.3 Å². The highest BCUT2D eigenvalue weighted by atomic mass is 16.4. The van der Waals surface area contributed by atoms with Gasteiger partial charge in [0.1, 0.15) is 0 Å². The van der Waals surface area contributed by atoms with Crippen LogP contribution in [-0.2, 0) is 4.42 Å². The van der Waals surface area contributed by atoms with E-state index in [1.165, 1.54) is 5.57 Å². The van der Waals surface area contributed by atoms with Crippen molar-refractivity contribution < 1.29 is 4.42 Å². The molecule has 1 aliphatic carbocycles. The summed E-state index contributed by atoms with van der Waals surface area (Å²) >= 11 is 0. The van der Waals surface area contributed by atoms with Crippen molar-refractivity contribution >= 4 is 5.94 Å². The molecule has 1 rings (SSSR count). The molecule has 0 N–H and O–H groups in total. The second-order valence-corrected chi connectivity index (χ2v) is 2.65. The van der Waals surface area contributed by atoms with Crippen molar-refractivity contribution in [2.24, 2.45) is 0 Å². The fourth-order valence-corrected chi connectivity index (χ4v) is 0.843. The van der Waals surface area contributed by atoms with Crippen molar-refractivity contribution in [2.75, 3.05) is 6.61 Å². The first-order chi connectivity index (χ1) is 6.33. The zero-order valence-electron chi connectivity index (χ0n) is 7.92. The Bertz CT molecular complexity index is 364. The molecule has 0 aromatic carbocycles. The second-order valence-electron chi connectivity index (χ2n) is 2.65. The molecule has 0 amide bonds. The van der Waals surface area contributed by atoms with Gasteiger partial charge >= 0.3 is 5.94 Å². The van der Waals surface area contributed by atoms with E-state index in [1.54, 1.807) is 0 Å². The zero-order valence-corrected chi connectivity index (χ0v) is 7.92. The van der Waals surface area contributed by atoms with Gasteiger partial charge in [-0.25, -0.2) is 0 Å². The maximum atomic E-state index is 4.86. The van der Waals surface area contributed by atoms with Gasteiger partial charge in [0.2, 0.25) is 0 Å². The lowest BCUT2D eigenvalue weighted by molar-refractivity contribution is 0.128. The van der Waals surface area contributed by atoms with Crippen LogP contribution in [0.5, 0.6) is 0 Å². The van der Waals surface area contributed by atoms with E-state index >= 15 is 0 Å². The van der Waals surface area contributed by atoms with E-state index in [4.69, 9.17) is 4.42 Å². The van der Waals surface area contributed by atoms with Gasteiger partial charge in [-0.15, -0.1) is 35.8 Å². The normalized spacial score (nSPS) is 13.4. The fourth-order valence-electron chi connectivity index (χ4n) is 0.843. The van der Waals surface area contributed by atoms with Crippen LogP contribution >= 0.6 is 0 Å². The molecular weight excluding hydrogens is 160 g/mol. The van der Waals surface area contributed by atoms with Crippen molar-refractivity contribution in [1.82, 2.24) is 0 Å². The lowest BCUT2D eigenvalue weighted by atomic mass is 10.0. The lowest BCUT2D eigenvalue weighted by Gasteiger charge is -2.09. The smallest absolute Gasteiger partial charge is 0.196 e. The summed E-state index contributed by atoms with van der Waals surface area (Å²) in [4.78, 5) is 0. The van der Waals surface area contributed by atoms with Gasteiger partial charge in [-0.05, 0) is 0 Å². The van der Waals surface area contributed by atoms with Crippen LogP contribution in [0.25, 0.3) is 0 Å². The van der Waals surface area contributed by atoms with Gasteiger partial charge in [0.15, 0.2) is 0 Å². The van der Waals surface area contributed by atoms with Crippen LogP contribution < -0.4 is 0 Å². The Morgan fingerprint density at radius 3 is 2.92 bits per heavy atom. The molecule has 1 nitrogen and oxygen atoms in total. The number of rotatable bonds is 1. The van der Waals surface area contributed by atoms with E-state index in [9.17, 15) is 0 Å². The summed E-state index contributed by atoms with van der Waals surface area (Å²) in [5, 5.41) is 0. The Balaban J connectivity index is 2.82. The number of hydrogen-bond donors (Lipinski definition) is 0. The van der Waals surface area contributed by atoms with Crippen molar-refractivity contribution in [3.63, 3.8) is 0 Å². The van der Waals surface area contributed by atoms with Crippen LogP contribution in [0.3, 0.4) is 0 Å². The molecule has 0 aliphatic heterocycles. The van der Waals surface area contributed by atoms with E-state index in [0.29, 0.717) is 6.61 Å². The molecule has 0 atom stereocenters. The largest absolute Gasteiger partial charge is 0.396 e. The SMILES string of the molecule is CC[O+]=C=C=C=C1C=CC(C)=C[CH-]1. The molecule has 1 heteroatoms. The molecule has 0 fully saturated rings. The van der Waals surface area contributed by atoms with E-state index in [0.717, 1.165) is 5.57 Å². The average Bonchev–Trinajstić information content (AvgIpc) is 2.15. The zero-order chi connectivity index (χ0) is 9.52. The summed E-state index contributed by atoms with van der Waals surface area (Å²) in [6, 6.07) is 0. The van der Waals surface area contributed by atoms with Gasteiger partial charge in [-0.2, -0.15) is 10.2 Å². The molecule has 66 valence electrons. The predicted molar refractivity (Wildman–Crippen MR) is 54.0 cm³/mol. The van der Waals surface area contributed by atoms with E-state index in [2.05, 4.69) is 24.3 Å². The molecule has 0 bridgehead atoms. The Hall–Kier alpha value is -1.64. The van der Waals surface area contributed by atoms with Crippen molar-refractivity contribution in [2.45, 2.75) is 13.8 Å². The van der Waals surface area contributed by atoms with Gasteiger partial charge in [0.05, 0.1) is 0 Å². The summed E-state index contributed by atoms with van der Waals surface area (Å²) in [5.74, 6) is 2.54. The maximum Gasteiger partial charge on any atom is 0.396 e. The van der Waals surface area contributed by atoms with Crippen LogP contribution in [0.4, 0.5) is 0 Å². The molecule has 0 aromatic rings. The van der Waals surface area contributed by atoms with Gasteiger partial charge in [-0.3, -0.25) is 0 Å². The third kappa shape index (κ3) is 3.51. The lowest BCUT2D eigenvalue weighted by Crippen LogP contribution is -1.83. The molecule has 1 aliphatic rings. The number of carbonyl (C=O) groups excluding carboxylic acids is 1. The molecular formula is C12H12O. The predicted octanol–water partition coefficient (Wildman–Crippen LogP) is 2.33. The van der Waals surface area contributed by atoms with Gasteiger partial charge in [0, 0.05) is 12.7 Å². The van der Waals surface area contributed by atoms with Crippen molar-refractivity contribution in [1.29, 1.82) is 0 Å². The standard InChI is InChI=1S/C12H12O/c1-3-13-10-4-5-12-8-6-11(2)7-9-12/h6-9H,3H2,1-2H3. The highest BCUT2D eigenvalue weighted by Gasteiger charge is 1.85. The summed E-state index contributed by atoms with van der Waals surface area (Å²) in [7, 11) is 0. The molecule has 0 unspecified atom stereocenters. The van der Waals surface area contributed by atoms with Crippen LogP contribution in [0.15, 0.2) is 40.8 Å². The maximum absolute atomic E-state index is 4.86. The monoisotopic (exact) mass is 172 g/mol. The average molecular weight is 172 g/mol. The van der Waals surface area contributed by atoms with Crippen LogP contribution in [-0.4, -0.2) is 12.5 Å². The quantitative estimate of drug-likeness (QED) is 0.249. The molecule has 0 saturated heterocycles. The third-order valence-corrected chi connectivity index (χ3v) is 1.53. The molecule has 0 saturated carbocycles. The topological polar surface area (TPSA) is 11.3 Å². The Morgan fingerprint density at radius 1 is 1.46 bits per heavy atom. The minimum atomic E-state index is 0.614.